The Morgan fingerprint density at radius 3 is 2.42 bits per heavy atom. The molecule has 1 aliphatic rings. The molecule has 1 aliphatic heterocycles. The molecule has 19 heavy (non-hydrogen) atoms. The van der Waals surface area contributed by atoms with Gasteiger partial charge in [0.05, 0.1) is 0 Å². The molecular weight excluding hydrogens is 240 g/mol. The van der Waals surface area contributed by atoms with Crippen LogP contribution in [0.5, 0.6) is 0 Å². The SMILES string of the molecule is Cn1nccc1C(=O)NC1CC(C)(C)NC(C)(C)C1. The zero-order valence-electron chi connectivity index (χ0n) is 12.4. The van der Waals surface area contributed by atoms with Gasteiger partial charge in [0.1, 0.15) is 5.69 Å². The van der Waals surface area contributed by atoms with Crippen molar-refractivity contribution >= 4 is 5.91 Å². The van der Waals surface area contributed by atoms with Crippen molar-refractivity contribution in [3.63, 3.8) is 0 Å². The molecule has 0 unspecified atom stereocenters. The normalized spacial score (nSPS) is 22.2. The van der Waals surface area contributed by atoms with E-state index in [9.17, 15) is 4.79 Å². The van der Waals surface area contributed by atoms with Gasteiger partial charge in [-0.1, -0.05) is 0 Å². The number of aryl methyl sites for hydroxylation is 1. The van der Waals surface area contributed by atoms with Gasteiger partial charge in [0.15, 0.2) is 0 Å². The van der Waals surface area contributed by atoms with Crippen molar-refractivity contribution in [1.82, 2.24) is 20.4 Å². The van der Waals surface area contributed by atoms with E-state index in [0.717, 1.165) is 12.8 Å². The smallest absolute Gasteiger partial charge is 0.269 e. The Labute approximate surface area is 114 Å². The van der Waals surface area contributed by atoms with Gasteiger partial charge in [0.25, 0.3) is 5.91 Å². The maximum atomic E-state index is 12.2. The van der Waals surface area contributed by atoms with Crippen LogP contribution in [0.25, 0.3) is 0 Å². The predicted molar refractivity (Wildman–Crippen MR) is 75.0 cm³/mol. The highest BCUT2D eigenvalue weighted by Crippen LogP contribution is 2.28. The first-order valence-electron chi connectivity index (χ1n) is 6.77. The highest BCUT2D eigenvalue weighted by molar-refractivity contribution is 5.92. The fraction of sp³-hybridized carbons (Fsp3) is 0.714. The van der Waals surface area contributed by atoms with Gasteiger partial charge in [0, 0.05) is 30.4 Å². The Balaban J connectivity index is 2.07. The number of hydrogen-bond donors (Lipinski definition) is 2. The summed E-state index contributed by atoms with van der Waals surface area (Å²) in [5, 5.41) is 10.8. The predicted octanol–water partition coefficient (Wildman–Crippen LogP) is 1.46. The number of nitrogens with zero attached hydrogens (tertiary/aromatic N) is 2. The Kier molecular flexibility index (Phi) is 3.43. The number of amides is 1. The molecule has 2 rings (SSSR count). The first-order chi connectivity index (χ1) is 8.69. The molecular formula is C14H24N4O. The van der Waals surface area contributed by atoms with E-state index >= 15 is 0 Å². The monoisotopic (exact) mass is 264 g/mol. The third-order valence-electron chi connectivity index (χ3n) is 3.58. The van der Waals surface area contributed by atoms with Gasteiger partial charge in [0.2, 0.25) is 0 Å². The third kappa shape index (κ3) is 3.35. The molecule has 0 aliphatic carbocycles. The molecule has 1 fully saturated rings. The number of carbonyl (C=O) groups is 1. The summed E-state index contributed by atoms with van der Waals surface area (Å²) >= 11 is 0. The van der Waals surface area contributed by atoms with Gasteiger partial charge in [-0.05, 0) is 46.6 Å². The lowest BCUT2D eigenvalue weighted by Crippen LogP contribution is -2.62. The van der Waals surface area contributed by atoms with Crippen molar-refractivity contribution < 1.29 is 4.79 Å². The lowest BCUT2D eigenvalue weighted by atomic mass is 9.79. The van der Waals surface area contributed by atoms with E-state index in [2.05, 4.69) is 43.4 Å². The van der Waals surface area contributed by atoms with Crippen LogP contribution in [0.3, 0.4) is 0 Å². The molecule has 0 saturated carbocycles. The zero-order chi connectivity index (χ0) is 14.3. The Hall–Kier alpha value is -1.36. The average molecular weight is 264 g/mol. The summed E-state index contributed by atoms with van der Waals surface area (Å²) in [5.41, 5.74) is 0.673. The molecule has 0 radical (unpaired) electrons. The highest BCUT2D eigenvalue weighted by atomic mass is 16.2. The van der Waals surface area contributed by atoms with Gasteiger partial charge >= 0.3 is 0 Å². The molecule has 106 valence electrons. The molecule has 1 aromatic rings. The second kappa shape index (κ2) is 4.63. The fourth-order valence-electron chi connectivity index (χ4n) is 3.28. The van der Waals surface area contributed by atoms with E-state index < -0.39 is 0 Å². The van der Waals surface area contributed by atoms with Crippen LogP contribution in [0.15, 0.2) is 12.3 Å². The maximum Gasteiger partial charge on any atom is 0.269 e. The zero-order valence-corrected chi connectivity index (χ0v) is 12.4. The minimum absolute atomic E-state index is 0.0339. The number of aromatic nitrogens is 2. The van der Waals surface area contributed by atoms with E-state index in [0.29, 0.717) is 5.69 Å². The van der Waals surface area contributed by atoms with Crippen molar-refractivity contribution in [3.8, 4) is 0 Å². The molecule has 1 saturated heterocycles. The van der Waals surface area contributed by atoms with Crippen molar-refractivity contribution in [1.29, 1.82) is 0 Å². The number of rotatable bonds is 2. The molecule has 1 amide bonds. The Morgan fingerprint density at radius 1 is 1.37 bits per heavy atom. The van der Waals surface area contributed by atoms with Gasteiger partial charge in [-0.3, -0.25) is 9.48 Å². The molecule has 0 spiro atoms. The van der Waals surface area contributed by atoms with Gasteiger partial charge < -0.3 is 10.6 Å². The van der Waals surface area contributed by atoms with Crippen LogP contribution in [0, 0.1) is 0 Å². The Morgan fingerprint density at radius 2 is 1.95 bits per heavy atom. The number of piperidine rings is 1. The second-order valence-corrected chi connectivity index (χ2v) is 6.81. The lowest BCUT2D eigenvalue weighted by Gasteiger charge is -2.46. The number of carbonyl (C=O) groups excluding carboxylic acids is 1. The topological polar surface area (TPSA) is 59.0 Å². The molecule has 2 N–H and O–H groups in total. The molecule has 2 heterocycles. The maximum absolute atomic E-state index is 12.2. The summed E-state index contributed by atoms with van der Waals surface area (Å²) in [7, 11) is 1.78. The molecule has 0 aromatic carbocycles. The standard InChI is InChI=1S/C14H24N4O/c1-13(2)8-10(9-14(3,4)17-13)16-12(19)11-6-7-15-18(11)5/h6-7,10,17H,8-9H2,1-5H3,(H,16,19). The van der Waals surface area contributed by atoms with Crippen LogP contribution in [0.1, 0.15) is 51.0 Å². The van der Waals surface area contributed by atoms with Crippen molar-refractivity contribution in [3.05, 3.63) is 18.0 Å². The number of nitrogens with one attached hydrogen (secondary N) is 2. The van der Waals surface area contributed by atoms with Crippen molar-refractivity contribution in [2.24, 2.45) is 7.05 Å². The number of hydrogen-bond acceptors (Lipinski definition) is 3. The quantitative estimate of drug-likeness (QED) is 0.850. The van der Waals surface area contributed by atoms with Gasteiger partial charge in [-0.15, -0.1) is 0 Å². The minimum Gasteiger partial charge on any atom is -0.348 e. The molecule has 0 atom stereocenters. The summed E-state index contributed by atoms with van der Waals surface area (Å²) in [6.07, 6.45) is 3.51. The largest absolute Gasteiger partial charge is 0.348 e. The van der Waals surface area contributed by atoms with E-state index in [4.69, 9.17) is 0 Å². The van der Waals surface area contributed by atoms with Crippen LogP contribution in [-0.4, -0.2) is 32.8 Å². The summed E-state index contributed by atoms with van der Waals surface area (Å²) in [5.74, 6) is -0.0431. The van der Waals surface area contributed by atoms with Crippen LogP contribution in [0.4, 0.5) is 0 Å². The fourth-order valence-corrected chi connectivity index (χ4v) is 3.28. The first kappa shape index (κ1) is 14.1. The van der Waals surface area contributed by atoms with Gasteiger partial charge in [-0.2, -0.15) is 5.10 Å². The van der Waals surface area contributed by atoms with E-state index in [1.165, 1.54) is 0 Å². The highest BCUT2D eigenvalue weighted by Gasteiger charge is 2.38. The summed E-state index contributed by atoms with van der Waals surface area (Å²) < 4.78 is 1.60. The van der Waals surface area contributed by atoms with Gasteiger partial charge in [-0.25, -0.2) is 0 Å². The molecule has 5 nitrogen and oxygen atoms in total. The average Bonchev–Trinajstić information content (AvgIpc) is 2.58. The van der Waals surface area contributed by atoms with E-state index in [1.54, 1.807) is 24.0 Å². The third-order valence-corrected chi connectivity index (χ3v) is 3.58. The van der Waals surface area contributed by atoms with E-state index in [1.807, 2.05) is 0 Å². The summed E-state index contributed by atoms with van der Waals surface area (Å²) in [6, 6.07) is 1.93. The second-order valence-electron chi connectivity index (χ2n) is 6.81. The molecule has 5 heteroatoms. The molecule has 0 bridgehead atoms. The lowest BCUT2D eigenvalue weighted by molar-refractivity contribution is 0.0864. The van der Waals surface area contributed by atoms with Crippen LogP contribution < -0.4 is 10.6 Å². The van der Waals surface area contributed by atoms with Crippen LogP contribution in [0.2, 0.25) is 0 Å². The van der Waals surface area contributed by atoms with Crippen molar-refractivity contribution in [2.75, 3.05) is 0 Å². The Bertz CT molecular complexity index is 460. The minimum atomic E-state index is -0.0431. The van der Waals surface area contributed by atoms with Crippen LogP contribution in [-0.2, 0) is 7.05 Å². The molecule has 1 aromatic heterocycles. The van der Waals surface area contributed by atoms with E-state index in [-0.39, 0.29) is 23.0 Å². The van der Waals surface area contributed by atoms with Crippen LogP contribution >= 0.6 is 0 Å². The summed E-state index contributed by atoms with van der Waals surface area (Å²) in [6.45, 7) is 8.71. The summed E-state index contributed by atoms with van der Waals surface area (Å²) in [4.78, 5) is 12.2. The first-order valence-corrected chi connectivity index (χ1v) is 6.77. The van der Waals surface area contributed by atoms with Crippen molar-refractivity contribution in [2.45, 2.75) is 57.7 Å².